The highest BCUT2D eigenvalue weighted by atomic mass is 19.1. The molecule has 302 valence electrons. The number of carbonyl (C=O) groups excluding carboxylic acids is 1. The van der Waals surface area contributed by atoms with Gasteiger partial charge in [-0.2, -0.15) is 9.97 Å². The van der Waals surface area contributed by atoms with Crippen molar-refractivity contribution in [2.75, 3.05) is 51.6 Å². The first kappa shape index (κ1) is 39.0. The summed E-state index contributed by atoms with van der Waals surface area (Å²) in [5.41, 5.74) is -0.201. The minimum atomic E-state index is -0.729. The number of carbonyl (C=O) groups is 1. The quantitative estimate of drug-likeness (QED) is 0.116. The molecule has 4 unspecified atom stereocenters. The number of piperazine rings is 1. The van der Waals surface area contributed by atoms with Crippen LogP contribution in [0.4, 0.5) is 19.4 Å². The topological polar surface area (TPSA) is 102 Å². The largest absolute Gasteiger partial charge is 0.464 e. The molecular weight excluding hydrogens is 731 g/mol. The van der Waals surface area contributed by atoms with E-state index in [2.05, 4.69) is 34.6 Å². The number of hydrogen-bond acceptors (Lipinski definition) is 10. The van der Waals surface area contributed by atoms with Crippen molar-refractivity contribution in [2.24, 2.45) is 11.8 Å². The number of halogens is 2. The molecule has 4 aliphatic rings. The number of fused-ring (bicyclic) bond motifs is 5. The van der Waals surface area contributed by atoms with E-state index >= 15 is 8.78 Å². The number of ether oxygens (including phenoxy) is 4. The fraction of sp³-hybridized carbons (Fsp3) is 0.545. The van der Waals surface area contributed by atoms with Crippen LogP contribution in [0.15, 0.2) is 30.5 Å². The van der Waals surface area contributed by atoms with E-state index in [-0.39, 0.29) is 64.4 Å². The summed E-state index contributed by atoms with van der Waals surface area (Å²) in [6, 6.07) is 6.14. The van der Waals surface area contributed by atoms with Gasteiger partial charge in [-0.3, -0.25) is 14.8 Å². The lowest BCUT2D eigenvalue weighted by Gasteiger charge is -2.42. The first-order chi connectivity index (χ1) is 27.4. The number of amides is 1. The van der Waals surface area contributed by atoms with Gasteiger partial charge in [0.05, 0.1) is 23.0 Å². The molecule has 1 amide bonds. The SMILES string of the molecule is C#Cc1cccc2c(F)c(OCOC)cc(-c3ncc4c(N5CC6CCC(C5)N6C(=O)OC(C)(C)C)nc(OCC56CC(CC)CN5CC(CC)C6)nc4c3F)c12. The van der Waals surface area contributed by atoms with Crippen LogP contribution < -0.4 is 14.4 Å². The lowest BCUT2D eigenvalue weighted by atomic mass is 9.86. The number of rotatable bonds is 10. The predicted molar refractivity (Wildman–Crippen MR) is 214 cm³/mol. The van der Waals surface area contributed by atoms with Crippen molar-refractivity contribution < 1.29 is 32.5 Å². The van der Waals surface area contributed by atoms with Crippen molar-refractivity contribution in [1.29, 1.82) is 0 Å². The summed E-state index contributed by atoms with van der Waals surface area (Å²) < 4.78 is 56.4. The Morgan fingerprint density at radius 1 is 0.982 bits per heavy atom. The third kappa shape index (κ3) is 7.09. The molecule has 2 aromatic carbocycles. The van der Waals surface area contributed by atoms with E-state index < -0.39 is 17.2 Å². The molecule has 8 rings (SSSR count). The number of anilines is 1. The molecule has 4 atom stereocenters. The summed E-state index contributed by atoms with van der Waals surface area (Å²) in [5, 5.41) is 0.881. The number of aromatic nitrogens is 3. The van der Waals surface area contributed by atoms with E-state index in [1.807, 2.05) is 25.7 Å². The molecule has 57 heavy (non-hydrogen) atoms. The monoisotopic (exact) mass is 782 g/mol. The van der Waals surface area contributed by atoms with Crippen molar-refractivity contribution in [1.82, 2.24) is 24.8 Å². The smallest absolute Gasteiger partial charge is 0.410 e. The molecule has 0 saturated carbocycles. The van der Waals surface area contributed by atoms with Gasteiger partial charge in [0, 0.05) is 61.4 Å². The summed E-state index contributed by atoms with van der Waals surface area (Å²) in [5.74, 6) is 2.77. The molecule has 11 nitrogen and oxygen atoms in total. The number of nitrogens with zero attached hydrogens (tertiary/aromatic N) is 6. The van der Waals surface area contributed by atoms with Crippen LogP contribution in [0.3, 0.4) is 0 Å². The summed E-state index contributed by atoms with van der Waals surface area (Å²) >= 11 is 0. The van der Waals surface area contributed by atoms with Gasteiger partial charge >= 0.3 is 12.1 Å². The van der Waals surface area contributed by atoms with Gasteiger partial charge in [-0.1, -0.05) is 44.7 Å². The highest BCUT2D eigenvalue weighted by Gasteiger charge is 2.51. The van der Waals surface area contributed by atoms with Crippen LogP contribution in [0.25, 0.3) is 32.9 Å². The second kappa shape index (κ2) is 15.2. The van der Waals surface area contributed by atoms with E-state index in [0.29, 0.717) is 53.7 Å². The summed E-state index contributed by atoms with van der Waals surface area (Å²) in [4.78, 5) is 34.3. The van der Waals surface area contributed by atoms with Gasteiger partial charge in [0.2, 0.25) is 0 Å². The molecular formula is C44H52F2N6O5. The van der Waals surface area contributed by atoms with Crippen LogP contribution in [0.2, 0.25) is 0 Å². The van der Waals surface area contributed by atoms with Gasteiger partial charge in [0.15, 0.2) is 24.2 Å². The molecule has 4 saturated heterocycles. The Morgan fingerprint density at radius 3 is 2.32 bits per heavy atom. The van der Waals surface area contributed by atoms with E-state index in [9.17, 15) is 4.79 Å². The van der Waals surface area contributed by atoms with Gasteiger partial charge in [0.1, 0.15) is 29.2 Å². The van der Waals surface area contributed by atoms with Crippen molar-refractivity contribution in [3.8, 4) is 35.4 Å². The van der Waals surface area contributed by atoms with Gasteiger partial charge in [0.25, 0.3) is 0 Å². The van der Waals surface area contributed by atoms with Crippen molar-refractivity contribution in [3.63, 3.8) is 0 Å². The van der Waals surface area contributed by atoms with E-state index in [1.165, 1.54) is 13.2 Å². The van der Waals surface area contributed by atoms with Crippen LogP contribution in [-0.4, -0.2) is 101 Å². The highest BCUT2D eigenvalue weighted by molar-refractivity contribution is 6.03. The molecule has 0 spiro atoms. The van der Waals surface area contributed by atoms with Crippen LogP contribution in [-0.2, 0) is 9.47 Å². The summed E-state index contributed by atoms with van der Waals surface area (Å²) in [6.07, 6.45) is 13.0. The summed E-state index contributed by atoms with van der Waals surface area (Å²) in [7, 11) is 1.43. The third-order valence-electron chi connectivity index (χ3n) is 12.4. The number of hydrogen-bond donors (Lipinski definition) is 0. The zero-order chi connectivity index (χ0) is 40.2. The Balaban J connectivity index is 1.24. The normalized spacial score (nSPS) is 24.6. The molecule has 2 aromatic heterocycles. The fourth-order valence-corrected chi connectivity index (χ4v) is 9.75. The van der Waals surface area contributed by atoms with Gasteiger partial charge in [-0.15, -0.1) is 6.42 Å². The maximum atomic E-state index is 17.5. The first-order valence-electron chi connectivity index (χ1n) is 20.2. The number of methoxy groups -OCH3 is 1. The van der Waals surface area contributed by atoms with E-state index in [4.69, 9.17) is 35.3 Å². The average Bonchev–Trinajstić information content (AvgIpc) is 3.81. The number of benzene rings is 2. The Bertz CT molecular complexity index is 2210. The zero-order valence-electron chi connectivity index (χ0n) is 33.7. The van der Waals surface area contributed by atoms with E-state index in [1.54, 1.807) is 24.4 Å². The Hall–Kier alpha value is -4.80. The van der Waals surface area contributed by atoms with Crippen molar-refractivity contribution >= 4 is 33.6 Å². The third-order valence-corrected chi connectivity index (χ3v) is 12.4. The Morgan fingerprint density at radius 2 is 1.68 bits per heavy atom. The van der Waals surface area contributed by atoms with Gasteiger partial charge < -0.3 is 23.8 Å². The lowest BCUT2D eigenvalue weighted by Crippen LogP contribution is -2.57. The number of terminal acetylenes is 1. The first-order valence-corrected chi connectivity index (χ1v) is 20.2. The summed E-state index contributed by atoms with van der Waals surface area (Å²) in [6.45, 7) is 13.2. The zero-order valence-corrected chi connectivity index (χ0v) is 33.7. The van der Waals surface area contributed by atoms with Crippen LogP contribution in [0.5, 0.6) is 11.8 Å². The molecule has 4 aromatic rings. The average molecular weight is 783 g/mol. The minimum absolute atomic E-state index is 0.0158. The number of pyridine rings is 1. The van der Waals surface area contributed by atoms with Gasteiger partial charge in [-0.05, 0) is 70.4 Å². The lowest BCUT2D eigenvalue weighted by molar-refractivity contribution is 0.0122. The maximum absolute atomic E-state index is 17.5. The van der Waals surface area contributed by atoms with Crippen molar-refractivity contribution in [3.05, 3.63) is 47.7 Å². The van der Waals surface area contributed by atoms with Gasteiger partial charge in [-0.25, -0.2) is 13.6 Å². The van der Waals surface area contributed by atoms with Crippen LogP contribution in [0.1, 0.15) is 78.7 Å². The maximum Gasteiger partial charge on any atom is 0.410 e. The van der Waals surface area contributed by atoms with Crippen LogP contribution >= 0.6 is 0 Å². The molecule has 0 radical (unpaired) electrons. The standard InChI is InChI=1S/C44H52F2N6O5/c1-8-26-17-44(18-27(9-2)21-51(44)20-26)24-55-41-48-39-33(40(49-41)50-22-29-14-15-30(23-50)52(29)42(53)57-43(4,5)6)19-47-38(37(39)46)32-16-34(56-25-54-7)36(45)31-13-11-12-28(10-3)35(31)32/h3,11-13,16,19,26-27,29-30H,8-9,14-15,17-18,20-25H2,1-2,4-7H3. The molecule has 4 aliphatic heterocycles. The highest BCUT2D eigenvalue weighted by Crippen LogP contribution is 2.46. The molecule has 0 aliphatic carbocycles. The van der Waals surface area contributed by atoms with E-state index in [0.717, 1.165) is 51.6 Å². The molecule has 6 heterocycles. The predicted octanol–water partition coefficient (Wildman–Crippen LogP) is 7.95. The second-order valence-corrected chi connectivity index (χ2v) is 17.2. The molecule has 0 N–H and O–H groups in total. The molecule has 4 fully saturated rings. The Labute approximate surface area is 333 Å². The molecule has 13 heteroatoms. The minimum Gasteiger partial charge on any atom is -0.464 e. The van der Waals surface area contributed by atoms with Crippen LogP contribution in [0, 0.1) is 35.8 Å². The second-order valence-electron chi connectivity index (χ2n) is 17.2. The van der Waals surface area contributed by atoms with Crippen molar-refractivity contribution in [2.45, 2.75) is 96.4 Å². The Kier molecular flexibility index (Phi) is 10.4. The molecule has 2 bridgehead atoms. The fourth-order valence-electron chi connectivity index (χ4n) is 9.75.